The molecule has 0 aliphatic heterocycles. The van der Waals surface area contributed by atoms with Crippen LogP contribution >= 0.6 is 11.6 Å². The first-order chi connectivity index (χ1) is 7.89. The predicted octanol–water partition coefficient (Wildman–Crippen LogP) is 3.05. The standard InChI is InChI=1S/C10H9ClF3N3/c1-2-6-3-7(11)17-9(4-6)15-8(16-17)5-10(12,13)14/h3-4H,2,5H2,1H3. The summed E-state index contributed by atoms with van der Waals surface area (Å²) in [6.07, 6.45) is -4.73. The van der Waals surface area contributed by atoms with Crippen LogP contribution in [0.2, 0.25) is 5.15 Å². The SMILES string of the molecule is CCc1cc(Cl)n2nc(CC(F)(F)F)nc2c1. The Balaban J connectivity index is 2.46. The number of nitrogens with zero attached hydrogens (tertiary/aromatic N) is 3. The first kappa shape index (κ1) is 12.2. The van der Waals surface area contributed by atoms with Crippen molar-refractivity contribution in [3.8, 4) is 0 Å². The molecule has 17 heavy (non-hydrogen) atoms. The van der Waals surface area contributed by atoms with Crippen molar-refractivity contribution in [1.29, 1.82) is 0 Å². The van der Waals surface area contributed by atoms with E-state index in [1.165, 1.54) is 4.52 Å². The summed E-state index contributed by atoms with van der Waals surface area (Å²) in [7, 11) is 0. The molecule has 0 spiro atoms. The molecular formula is C10H9ClF3N3. The van der Waals surface area contributed by atoms with Crippen molar-refractivity contribution in [1.82, 2.24) is 14.6 Å². The minimum absolute atomic E-state index is 0.264. The van der Waals surface area contributed by atoms with Crippen molar-refractivity contribution in [3.63, 3.8) is 0 Å². The smallest absolute Gasteiger partial charge is 0.211 e. The Morgan fingerprint density at radius 2 is 2.06 bits per heavy atom. The van der Waals surface area contributed by atoms with Crippen molar-refractivity contribution in [2.24, 2.45) is 0 Å². The Morgan fingerprint density at radius 1 is 1.35 bits per heavy atom. The van der Waals surface area contributed by atoms with Gasteiger partial charge in [-0.05, 0) is 24.1 Å². The molecule has 92 valence electrons. The van der Waals surface area contributed by atoms with E-state index in [1.807, 2.05) is 6.92 Å². The fourth-order valence-electron chi connectivity index (χ4n) is 1.50. The molecule has 0 fully saturated rings. The summed E-state index contributed by atoms with van der Waals surface area (Å²) < 4.78 is 37.8. The van der Waals surface area contributed by atoms with Crippen LogP contribution in [0, 0.1) is 0 Å². The predicted molar refractivity (Wildman–Crippen MR) is 57.1 cm³/mol. The number of fused-ring (bicyclic) bond motifs is 1. The first-order valence-electron chi connectivity index (χ1n) is 5.00. The topological polar surface area (TPSA) is 30.2 Å². The molecule has 7 heteroatoms. The van der Waals surface area contributed by atoms with Gasteiger partial charge in [-0.3, -0.25) is 0 Å². The molecule has 0 atom stereocenters. The first-order valence-corrected chi connectivity index (χ1v) is 5.37. The van der Waals surface area contributed by atoms with Crippen molar-refractivity contribution >= 4 is 17.2 Å². The van der Waals surface area contributed by atoms with Gasteiger partial charge in [-0.25, -0.2) is 9.50 Å². The summed E-state index contributed by atoms with van der Waals surface area (Å²) in [5.74, 6) is -0.271. The Kier molecular flexibility index (Phi) is 2.99. The van der Waals surface area contributed by atoms with Gasteiger partial charge in [0.05, 0.1) is 0 Å². The molecule has 0 aliphatic rings. The lowest BCUT2D eigenvalue weighted by atomic mass is 10.2. The number of aryl methyl sites for hydroxylation is 1. The summed E-state index contributed by atoms with van der Waals surface area (Å²) in [5, 5.41) is 3.99. The molecule has 0 N–H and O–H groups in total. The van der Waals surface area contributed by atoms with Crippen LogP contribution in [-0.4, -0.2) is 20.8 Å². The van der Waals surface area contributed by atoms with Crippen LogP contribution in [0.15, 0.2) is 12.1 Å². The fraction of sp³-hybridized carbons (Fsp3) is 0.400. The largest absolute Gasteiger partial charge is 0.396 e. The molecule has 0 unspecified atom stereocenters. The number of alkyl halides is 3. The minimum atomic E-state index is -4.31. The van der Waals surface area contributed by atoms with Gasteiger partial charge >= 0.3 is 6.18 Å². The van der Waals surface area contributed by atoms with E-state index in [9.17, 15) is 13.2 Å². The van der Waals surface area contributed by atoms with Gasteiger partial charge in [0, 0.05) is 0 Å². The van der Waals surface area contributed by atoms with E-state index in [1.54, 1.807) is 12.1 Å². The van der Waals surface area contributed by atoms with E-state index >= 15 is 0 Å². The number of halogens is 4. The van der Waals surface area contributed by atoms with Gasteiger partial charge in [-0.1, -0.05) is 18.5 Å². The average molecular weight is 264 g/mol. The van der Waals surface area contributed by atoms with Gasteiger partial charge in [0.25, 0.3) is 0 Å². The Hall–Kier alpha value is -1.30. The summed E-state index contributed by atoms with van der Waals surface area (Å²) in [4.78, 5) is 3.81. The quantitative estimate of drug-likeness (QED) is 0.780. The van der Waals surface area contributed by atoms with Gasteiger partial charge < -0.3 is 0 Å². The molecule has 0 saturated heterocycles. The van der Waals surface area contributed by atoms with Crippen LogP contribution in [0.5, 0.6) is 0 Å². The van der Waals surface area contributed by atoms with Gasteiger partial charge in [0.2, 0.25) is 0 Å². The molecule has 2 aromatic heterocycles. The number of pyridine rings is 1. The Labute approximate surface area is 100 Å². The molecule has 3 nitrogen and oxygen atoms in total. The third-order valence-electron chi connectivity index (χ3n) is 2.26. The second-order valence-corrected chi connectivity index (χ2v) is 4.02. The van der Waals surface area contributed by atoms with E-state index in [2.05, 4.69) is 10.1 Å². The maximum Gasteiger partial charge on any atom is 0.396 e. The zero-order valence-electron chi connectivity index (χ0n) is 8.92. The summed E-state index contributed by atoms with van der Waals surface area (Å²) in [6, 6.07) is 3.35. The van der Waals surface area contributed by atoms with E-state index in [0.29, 0.717) is 5.65 Å². The Bertz CT molecular complexity index is 547. The highest BCUT2D eigenvalue weighted by Gasteiger charge is 2.30. The van der Waals surface area contributed by atoms with E-state index in [-0.39, 0.29) is 11.0 Å². The number of aromatic nitrogens is 3. The second-order valence-electron chi connectivity index (χ2n) is 3.63. The highest BCUT2D eigenvalue weighted by molar-refractivity contribution is 6.29. The normalized spacial score (nSPS) is 12.3. The summed E-state index contributed by atoms with van der Waals surface area (Å²) >= 11 is 5.90. The minimum Gasteiger partial charge on any atom is -0.211 e. The van der Waals surface area contributed by atoms with Crippen LogP contribution in [0.3, 0.4) is 0 Å². The highest BCUT2D eigenvalue weighted by Crippen LogP contribution is 2.21. The Morgan fingerprint density at radius 3 is 2.65 bits per heavy atom. The van der Waals surface area contributed by atoms with E-state index < -0.39 is 12.6 Å². The van der Waals surface area contributed by atoms with Crippen LogP contribution < -0.4 is 0 Å². The fourth-order valence-corrected chi connectivity index (χ4v) is 1.76. The monoisotopic (exact) mass is 263 g/mol. The zero-order valence-corrected chi connectivity index (χ0v) is 9.68. The van der Waals surface area contributed by atoms with Crippen molar-refractivity contribution in [2.45, 2.75) is 25.9 Å². The molecule has 0 radical (unpaired) electrons. The van der Waals surface area contributed by atoms with Gasteiger partial charge in [-0.15, -0.1) is 5.10 Å². The number of hydrogen-bond donors (Lipinski definition) is 0. The van der Waals surface area contributed by atoms with Gasteiger partial charge in [0.1, 0.15) is 11.6 Å². The number of rotatable bonds is 2. The van der Waals surface area contributed by atoms with Gasteiger partial charge in [-0.2, -0.15) is 13.2 Å². The van der Waals surface area contributed by atoms with Crippen molar-refractivity contribution < 1.29 is 13.2 Å². The van der Waals surface area contributed by atoms with Crippen molar-refractivity contribution in [2.75, 3.05) is 0 Å². The molecule has 0 aromatic carbocycles. The number of hydrogen-bond acceptors (Lipinski definition) is 2. The van der Waals surface area contributed by atoms with Crippen LogP contribution in [0.1, 0.15) is 18.3 Å². The summed E-state index contributed by atoms with van der Waals surface area (Å²) in [5.41, 5.74) is 1.25. The lowest BCUT2D eigenvalue weighted by Crippen LogP contribution is -2.12. The van der Waals surface area contributed by atoms with Crippen LogP contribution in [0.4, 0.5) is 13.2 Å². The molecule has 0 aliphatic carbocycles. The van der Waals surface area contributed by atoms with Crippen LogP contribution in [0.25, 0.3) is 5.65 Å². The highest BCUT2D eigenvalue weighted by atomic mass is 35.5. The molecule has 0 amide bonds. The molecular weight excluding hydrogens is 255 g/mol. The van der Waals surface area contributed by atoms with Crippen LogP contribution in [-0.2, 0) is 12.8 Å². The zero-order chi connectivity index (χ0) is 12.6. The summed E-state index contributed by atoms with van der Waals surface area (Å²) in [6.45, 7) is 1.93. The van der Waals surface area contributed by atoms with E-state index in [0.717, 1.165) is 12.0 Å². The lowest BCUT2D eigenvalue weighted by molar-refractivity contribution is -0.128. The third kappa shape index (κ3) is 2.69. The molecule has 2 rings (SSSR count). The molecule has 2 heterocycles. The van der Waals surface area contributed by atoms with E-state index in [4.69, 9.17) is 11.6 Å². The maximum atomic E-state index is 12.2. The second kappa shape index (κ2) is 4.18. The third-order valence-corrected chi connectivity index (χ3v) is 2.53. The maximum absolute atomic E-state index is 12.2. The average Bonchev–Trinajstić information content (AvgIpc) is 2.57. The van der Waals surface area contributed by atoms with Gasteiger partial charge in [0.15, 0.2) is 11.5 Å². The molecule has 0 saturated carbocycles. The lowest BCUT2D eigenvalue weighted by Gasteiger charge is -2.00. The molecule has 0 bridgehead atoms. The molecule has 2 aromatic rings. The van der Waals surface area contributed by atoms with Crippen molar-refractivity contribution in [3.05, 3.63) is 28.7 Å².